The minimum absolute atomic E-state index is 0.0298. The van der Waals surface area contributed by atoms with Crippen LogP contribution in [-0.2, 0) is 0 Å². The lowest BCUT2D eigenvalue weighted by molar-refractivity contribution is -0.0920. The molecule has 0 aromatic heterocycles. The second-order valence-corrected chi connectivity index (χ2v) is 10.3. The van der Waals surface area contributed by atoms with E-state index in [9.17, 15) is 15.3 Å². The van der Waals surface area contributed by atoms with Gasteiger partial charge < -0.3 is 21.1 Å². The standard InChI is InChI=1S/C29H36N2O3/c1-10-19-12-11-13(2)20-14(3)21-16(5)29(34)17(6)24(18(7)30)28(33)26(31(8)9)25(29)27(32)23(21)15(4)22(19)20/h10-12,15,23,25-27,32-34H,1,3,6-7,30H2,2,4-5,8-9H3/t15-,23+,25+,26-,27-,29-/m0/s1. The Hall–Kier alpha value is -2.86. The number of fused-ring (bicyclic) bond motifs is 3. The molecule has 5 N–H and O–H groups in total. The van der Waals surface area contributed by atoms with Gasteiger partial charge in [-0.25, -0.2) is 0 Å². The highest BCUT2D eigenvalue weighted by atomic mass is 16.3. The average Bonchev–Trinajstić information content (AvgIpc) is 2.75. The molecule has 1 aromatic carbocycles. The first kappa shape index (κ1) is 24.3. The van der Waals surface area contributed by atoms with E-state index >= 15 is 0 Å². The number of hydrogen-bond donors (Lipinski definition) is 4. The van der Waals surface area contributed by atoms with Crippen LogP contribution in [0.2, 0.25) is 0 Å². The zero-order valence-corrected chi connectivity index (χ0v) is 20.8. The number of aryl methyl sites for hydroxylation is 1. The third kappa shape index (κ3) is 2.84. The Balaban J connectivity index is 2.08. The van der Waals surface area contributed by atoms with E-state index < -0.39 is 23.7 Å². The fourth-order valence-electron chi connectivity index (χ4n) is 6.88. The zero-order valence-electron chi connectivity index (χ0n) is 20.8. The van der Waals surface area contributed by atoms with Crippen LogP contribution in [0.25, 0.3) is 11.6 Å². The van der Waals surface area contributed by atoms with Crippen LogP contribution >= 0.6 is 0 Å². The first-order valence-corrected chi connectivity index (χ1v) is 11.6. The van der Waals surface area contributed by atoms with Gasteiger partial charge in [0.15, 0.2) is 0 Å². The summed E-state index contributed by atoms with van der Waals surface area (Å²) < 4.78 is 0. The molecule has 1 aromatic rings. The quantitative estimate of drug-likeness (QED) is 0.543. The van der Waals surface area contributed by atoms with Gasteiger partial charge in [-0.05, 0) is 78.4 Å². The maximum absolute atomic E-state index is 12.4. The Bertz CT molecular complexity index is 1220. The summed E-state index contributed by atoms with van der Waals surface area (Å²) in [5.41, 5.74) is 11.6. The van der Waals surface area contributed by atoms with E-state index in [2.05, 4.69) is 52.3 Å². The molecular formula is C29H36N2O3. The van der Waals surface area contributed by atoms with Crippen molar-refractivity contribution >= 4 is 11.6 Å². The van der Waals surface area contributed by atoms with Gasteiger partial charge in [-0.2, -0.15) is 0 Å². The van der Waals surface area contributed by atoms with Crippen molar-refractivity contribution in [2.75, 3.05) is 14.1 Å². The first-order chi connectivity index (χ1) is 15.8. The molecule has 0 fully saturated rings. The molecule has 0 saturated heterocycles. The van der Waals surface area contributed by atoms with Gasteiger partial charge in [0, 0.05) is 23.1 Å². The van der Waals surface area contributed by atoms with E-state index in [0.29, 0.717) is 5.57 Å². The molecule has 0 unspecified atom stereocenters. The van der Waals surface area contributed by atoms with E-state index in [1.807, 2.05) is 27.1 Å². The highest BCUT2D eigenvalue weighted by Crippen LogP contribution is 2.60. The summed E-state index contributed by atoms with van der Waals surface area (Å²) in [4.78, 5) is 1.80. The Labute approximate surface area is 202 Å². The van der Waals surface area contributed by atoms with Crippen molar-refractivity contribution in [1.29, 1.82) is 0 Å². The van der Waals surface area contributed by atoms with E-state index in [1.165, 1.54) is 0 Å². The third-order valence-corrected chi connectivity index (χ3v) is 8.37. The van der Waals surface area contributed by atoms with Crippen molar-refractivity contribution < 1.29 is 15.3 Å². The topological polar surface area (TPSA) is 90.0 Å². The van der Waals surface area contributed by atoms with Crippen molar-refractivity contribution in [3.05, 3.63) is 94.5 Å². The van der Waals surface area contributed by atoms with Crippen molar-refractivity contribution in [2.45, 2.75) is 44.4 Å². The fraction of sp³-hybridized carbons (Fsp3) is 0.379. The summed E-state index contributed by atoms with van der Waals surface area (Å²) in [6, 6.07) is 3.42. The highest BCUT2D eigenvalue weighted by Gasteiger charge is 2.62. The van der Waals surface area contributed by atoms with Crippen molar-refractivity contribution in [3.8, 4) is 0 Å². The summed E-state index contributed by atoms with van der Waals surface area (Å²) in [5.74, 6) is -1.18. The lowest BCUT2D eigenvalue weighted by atomic mass is 9.52. The Morgan fingerprint density at radius 2 is 1.82 bits per heavy atom. The molecule has 0 radical (unpaired) electrons. The third-order valence-electron chi connectivity index (χ3n) is 8.37. The Morgan fingerprint density at radius 3 is 2.35 bits per heavy atom. The van der Waals surface area contributed by atoms with E-state index in [-0.39, 0.29) is 34.4 Å². The average molecular weight is 461 g/mol. The summed E-state index contributed by atoms with van der Waals surface area (Å²) in [5, 5.41) is 35.6. The molecular weight excluding hydrogens is 424 g/mol. The molecule has 3 aliphatic carbocycles. The van der Waals surface area contributed by atoms with Crippen LogP contribution < -0.4 is 5.73 Å². The van der Waals surface area contributed by atoms with Crippen molar-refractivity contribution in [3.63, 3.8) is 0 Å². The lowest BCUT2D eigenvalue weighted by Gasteiger charge is -2.57. The number of aliphatic hydroxyl groups is 3. The number of nitrogens with two attached hydrogens (primary N) is 1. The fourth-order valence-corrected chi connectivity index (χ4v) is 6.88. The molecule has 34 heavy (non-hydrogen) atoms. The SMILES string of the molecule is C=Cc1ccc(C)c2c1[C@H](C)[C@@H]1C(=C(C)[C@]3(O)C(=C)C(C(=C)N)=C(O)[C@@H](N(C)C)[C@@H]3[C@H]1O)C2=C. The van der Waals surface area contributed by atoms with Gasteiger partial charge in [-0.15, -0.1) is 0 Å². The van der Waals surface area contributed by atoms with Crippen LogP contribution in [0.3, 0.4) is 0 Å². The molecule has 0 bridgehead atoms. The highest BCUT2D eigenvalue weighted by molar-refractivity contribution is 5.88. The van der Waals surface area contributed by atoms with Crippen LogP contribution in [0.15, 0.2) is 72.2 Å². The van der Waals surface area contributed by atoms with Gasteiger partial charge in [-0.3, -0.25) is 4.90 Å². The van der Waals surface area contributed by atoms with Crippen molar-refractivity contribution in [1.82, 2.24) is 4.90 Å². The number of nitrogens with zero attached hydrogens (tertiary/aromatic N) is 1. The molecule has 180 valence electrons. The Kier molecular flexibility index (Phi) is 5.60. The number of rotatable bonds is 3. The number of benzene rings is 1. The first-order valence-electron chi connectivity index (χ1n) is 11.6. The summed E-state index contributed by atoms with van der Waals surface area (Å²) in [6.45, 7) is 22.5. The maximum Gasteiger partial charge on any atom is 0.119 e. The van der Waals surface area contributed by atoms with Gasteiger partial charge in [0.25, 0.3) is 0 Å². The molecule has 0 spiro atoms. The summed E-state index contributed by atoms with van der Waals surface area (Å²) >= 11 is 0. The lowest BCUT2D eigenvalue weighted by Crippen LogP contribution is -2.64. The summed E-state index contributed by atoms with van der Waals surface area (Å²) in [6.07, 6.45) is 0.856. The normalized spacial score (nSPS) is 33.0. The van der Waals surface area contributed by atoms with Crippen LogP contribution in [0.1, 0.15) is 42.0 Å². The monoisotopic (exact) mass is 460 g/mol. The van der Waals surface area contributed by atoms with Crippen molar-refractivity contribution in [2.24, 2.45) is 17.6 Å². The molecule has 5 nitrogen and oxygen atoms in total. The van der Waals surface area contributed by atoms with Gasteiger partial charge in [0.05, 0.1) is 12.1 Å². The Morgan fingerprint density at radius 1 is 1.21 bits per heavy atom. The molecule has 4 rings (SSSR count). The van der Waals surface area contributed by atoms with Crippen LogP contribution in [0.4, 0.5) is 0 Å². The minimum Gasteiger partial charge on any atom is -0.510 e. The van der Waals surface area contributed by atoms with Gasteiger partial charge in [-0.1, -0.05) is 51.4 Å². The largest absolute Gasteiger partial charge is 0.510 e. The van der Waals surface area contributed by atoms with Gasteiger partial charge in [0.2, 0.25) is 0 Å². The van der Waals surface area contributed by atoms with E-state index in [4.69, 9.17) is 5.73 Å². The van der Waals surface area contributed by atoms with Gasteiger partial charge in [0.1, 0.15) is 11.4 Å². The second-order valence-electron chi connectivity index (χ2n) is 10.3. The van der Waals surface area contributed by atoms with E-state index in [0.717, 1.165) is 33.4 Å². The number of hydrogen-bond acceptors (Lipinski definition) is 5. The number of aliphatic hydroxyl groups excluding tert-OH is 2. The number of likely N-dealkylation sites (N-methyl/N-ethyl adjacent to an activating group) is 1. The van der Waals surface area contributed by atoms with E-state index in [1.54, 1.807) is 4.90 Å². The van der Waals surface area contributed by atoms with Crippen LogP contribution in [-0.4, -0.2) is 52.1 Å². The molecule has 3 aliphatic rings. The molecule has 0 saturated carbocycles. The predicted molar refractivity (Wildman–Crippen MR) is 139 cm³/mol. The smallest absolute Gasteiger partial charge is 0.119 e. The van der Waals surface area contributed by atoms with Crippen LogP contribution in [0.5, 0.6) is 0 Å². The summed E-state index contributed by atoms with van der Waals surface area (Å²) in [7, 11) is 3.62. The zero-order chi connectivity index (χ0) is 25.4. The molecule has 0 amide bonds. The maximum atomic E-state index is 12.4. The molecule has 0 heterocycles. The van der Waals surface area contributed by atoms with Gasteiger partial charge >= 0.3 is 0 Å². The molecule has 5 heteroatoms. The second kappa shape index (κ2) is 7.84. The minimum atomic E-state index is -1.63. The predicted octanol–water partition coefficient (Wildman–Crippen LogP) is 4.21. The van der Waals surface area contributed by atoms with Crippen LogP contribution in [0, 0.1) is 18.8 Å². The number of allylic oxidation sites excluding steroid dienone is 2. The molecule has 0 aliphatic heterocycles. The molecule has 6 atom stereocenters.